The van der Waals surface area contributed by atoms with Crippen molar-refractivity contribution in [3.05, 3.63) is 11.9 Å². The quantitative estimate of drug-likeness (QED) is 0.835. The lowest BCUT2D eigenvalue weighted by Gasteiger charge is -2.29. The van der Waals surface area contributed by atoms with Crippen LogP contribution in [0, 0.1) is 5.41 Å². The molecule has 0 aliphatic heterocycles. The van der Waals surface area contributed by atoms with E-state index >= 15 is 0 Å². The third-order valence-corrected chi connectivity index (χ3v) is 2.63. The van der Waals surface area contributed by atoms with Crippen LogP contribution in [0.15, 0.2) is 6.20 Å². The molecule has 0 saturated heterocycles. The number of hydrogen-bond donors (Lipinski definition) is 1. The zero-order chi connectivity index (χ0) is 10.6. The maximum absolute atomic E-state index is 4.30. The minimum Gasteiger partial charge on any atom is -0.308 e. The van der Waals surface area contributed by atoms with Gasteiger partial charge < -0.3 is 5.32 Å². The fourth-order valence-corrected chi connectivity index (χ4v) is 1.89. The molecule has 0 bridgehead atoms. The minimum absolute atomic E-state index is 0.185. The Morgan fingerprint density at radius 1 is 1.50 bits per heavy atom. The van der Waals surface area contributed by atoms with Gasteiger partial charge in [-0.25, -0.2) is 0 Å². The normalized spacial score (nSPS) is 14.3. The van der Waals surface area contributed by atoms with Crippen molar-refractivity contribution in [1.82, 2.24) is 14.1 Å². The van der Waals surface area contributed by atoms with E-state index < -0.39 is 0 Å². The van der Waals surface area contributed by atoms with Crippen molar-refractivity contribution in [2.45, 2.75) is 40.2 Å². The van der Waals surface area contributed by atoms with Crippen molar-refractivity contribution in [3.8, 4) is 0 Å². The van der Waals surface area contributed by atoms with Gasteiger partial charge in [0.2, 0.25) is 0 Å². The van der Waals surface area contributed by atoms with Crippen LogP contribution in [0.5, 0.6) is 0 Å². The number of rotatable bonds is 4. The van der Waals surface area contributed by atoms with E-state index in [0.29, 0.717) is 6.04 Å². The van der Waals surface area contributed by atoms with Gasteiger partial charge in [-0.15, -0.1) is 0 Å². The van der Waals surface area contributed by atoms with Crippen LogP contribution in [0.25, 0.3) is 0 Å². The van der Waals surface area contributed by atoms with Crippen molar-refractivity contribution in [2.24, 2.45) is 5.41 Å². The molecule has 1 unspecified atom stereocenters. The molecule has 14 heavy (non-hydrogen) atoms. The molecule has 1 heterocycles. The summed E-state index contributed by atoms with van der Waals surface area (Å²) >= 11 is 1.28. The summed E-state index contributed by atoms with van der Waals surface area (Å²) < 4.78 is 8.36. The van der Waals surface area contributed by atoms with Crippen molar-refractivity contribution >= 4 is 11.7 Å². The Hall–Kier alpha value is -0.480. The van der Waals surface area contributed by atoms with Crippen molar-refractivity contribution in [2.75, 3.05) is 6.54 Å². The lowest BCUT2D eigenvalue weighted by atomic mass is 9.85. The van der Waals surface area contributed by atoms with Crippen LogP contribution in [-0.4, -0.2) is 15.3 Å². The zero-order valence-corrected chi connectivity index (χ0v) is 10.2. The molecule has 1 N–H and O–H groups in total. The summed E-state index contributed by atoms with van der Waals surface area (Å²) in [4.78, 5) is 0. The highest BCUT2D eigenvalue weighted by molar-refractivity contribution is 6.99. The second-order valence-corrected chi connectivity index (χ2v) is 5.14. The highest BCUT2D eigenvalue weighted by atomic mass is 32.1. The van der Waals surface area contributed by atoms with Crippen LogP contribution in [0.3, 0.4) is 0 Å². The largest absolute Gasteiger partial charge is 0.308 e. The molecule has 0 aromatic carbocycles. The molecule has 0 radical (unpaired) electrons. The van der Waals surface area contributed by atoms with Gasteiger partial charge in [0, 0.05) is 0 Å². The molecule has 0 aliphatic rings. The minimum atomic E-state index is 0.185. The summed E-state index contributed by atoms with van der Waals surface area (Å²) in [6, 6.07) is 0.307. The molecule has 0 fully saturated rings. The predicted octanol–water partition coefficient (Wildman–Crippen LogP) is 2.62. The third-order valence-electron chi connectivity index (χ3n) is 2.14. The molecule has 3 nitrogen and oxygen atoms in total. The Balaban J connectivity index is 2.73. The van der Waals surface area contributed by atoms with E-state index in [2.05, 4.69) is 41.8 Å². The van der Waals surface area contributed by atoms with Crippen LogP contribution >= 0.6 is 11.7 Å². The Bertz CT molecular complexity index is 251. The topological polar surface area (TPSA) is 37.8 Å². The fourth-order valence-electron chi connectivity index (χ4n) is 1.44. The van der Waals surface area contributed by atoms with Gasteiger partial charge in [0.25, 0.3) is 0 Å². The molecule has 4 heteroatoms. The first-order valence-electron chi connectivity index (χ1n) is 5.06. The molecule has 1 atom stereocenters. The van der Waals surface area contributed by atoms with Crippen LogP contribution in [0.4, 0.5) is 0 Å². The molecule has 80 valence electrons. The van der Waals surface area contributed by atoms with Crippen LogP contribution in [0.2, 0.25) is 0 Å². The zero-order valence-electron chi connectivity index (χ0n) is 9.37. The Morgan fingerprint density at radius 2 is 2.21 bits per heavy atom. The van der Waals surface area contributed by atoms with Crippen LogP contribution < -0.4 is 5.32 Å². The monoisotopic (exact) mass is 213 g/mol. The van der Waals surface area contributed by atoms with E-state index in [-0.39, 0.29) is 5.41 Å². The molecule has 0 saturated carbocycles. The first kappa shape index (κ1) is 11.6. The van der Waals surface area contributed by atoms with Crippen LogP contribution in [-0.2, 0) is 0 Å². The van der Waals surface area contributed by atoms with Gasteiger partial charge >= 0.3 is 0 Å². The predicted molar refractivity (Wildman–Crippen MR) is 60.4 cm³/mol. The van der Waals surface area contributed by atoms with Crippen molar-refractivity contribution in [3.63, 3.8) is 0 Å². The highest BCUT2D eigenvalue weighted by Crippen LogP contribution is 2.31. The summed E-state index contributed by atoms with van der Waals surface area (Å²) in [7, 11) is 0. The molecule has 1 aromatic heterocycles. The van der Waals surface area contributed by atoms with E-state index in [0.717, 1.165) is 18.7 Å². The average molecular weight is 213 g/mol. The second kappa shape index (κ2) is 4.84. The molecular formula is C10H19N3S. The van der Waals surface area contributed by atoms with Gasteiger partial charge in [-0.1, -0.05) is 27.7 Å². The summed E-state index contributed by atoms with van der Waals surface area (Å²) in [5.41, 5.74) is 1.25. The number of nitrogens with zero attached hydrogens (tertiary/aromatic N) is 2. The van der Waals surface area contributed by atoms with Crippen molar-refractivity contribution in [1.29, 1.82) is 0 Å². The molecular weight excluding hydrogens is 194 g/mol. The van der Waals surface area contributed by atoms with Crippen LogP contribution in [0.1, 0.15) is 45.9 Å². The van der Waals surface area contributed by atoms with Gasteiger partial charge in [-0.3, -0.25) is 0 Å². The Labute approximate surface area is 90.3 Å². The molecule has 0 aliphatic carbocycles. The SMILES string of the molecule is CCCNC(c1cnsn1)C(C)(C)C. The highest BCUT2D eigenvalue weighted by Gasteiger charge is 2.27. The van der Waals surface area contributed by atoms with E-state index in [1.54, 1.807) is 0 Å². The number of aromatic nitrogens is 2. The van der Waals surface area contributed by atoms with Crippen molar-refractivity contribution < 1.29 is 0 Å². The molecule has 1 aromatic rings. The number of nitrogens with one attached hydrogen (secondary N) is 1. The maximum atomic E-state index is 4.30. The standard InChI is InChI=1S/C10H19N3S/c1-5-6-11-9(10(2,3)4)8-7-12-14-13-8/h7,9,11H,5-6H2,1-4H3. The van der Waals surface area contributed by atoms with E-state index in [1.165, 1.54) is 11.7 Å². The smallest absolute Gasteiger partial charge is 0.0917 e. The first-order valence-corrected chi connectivity index (χ1v) is 5.79. The fraction of sp³-hybridized carbons (Fsp3) is 0.800. The number of hydrogen-bond acceptors (Lipinski definition) is 4. The lowest BCUT2D eigenvalue weighted by Crippen LogP contribution is -2.33. The summed E-state index contributed by atoms with van der Waals surface area (Å²) in [5, 5.41) is 3.52. The first-order chi connectivity index (χ1) is 6.55. The summed E-state index contributed by atoms with van der Waals surface area (Å²) in [6.45, 7) is 9.87. The molecule has 0 spiro atoms. The van der Waals surface area contributed by atoms with E-state index in [9.17, 15) is 0 Å². The van der Waals surface area contributed by atoms with E-state index in [4.69, 9.17) is 0 Å². The lowest BCUT2D eigenvalue weighted by molar-refractivity contribution is 0.269. The van der Waals surface area contributed by atoms with Gasteiger partial charge in [-0.2, -0.15) is 8.75 Å². The summed E-state index contributed by atoms with van der Waals surface area (Å²) in [5.74, 6) is 0. The average Bonchev–Trinajstić information content (AvgIpc) is 2.55. The Morgan fingerprint density at radius 3 is 2.64 bits per heavy atom. The summed E-state index contributed by atoms with van der Waals surface area (Å²) in [6.07, 6.45) is 3.01. The third kappa shape index (κ3) is 3.03. The van der Waals surface area contributed by atoms with Gasteiger partial charge in [0.15, 0.2) is 0 Å². The van der Waals surface area contributed by atoms with Gasteiger partial charge in [0.1, 0.15) is 0 Å². The second-order valence-electron chi connectivity index (χ2n) is 4.59. The molecule has 1 rings (SSSR count). The maximum Gasteiger partial charge on any atom is 0.0917 e. The van der Waals surface area contributed by atoms with Gasteiger partial charge in [0.05, 0.1) is 29.7 Å². The molecule has 0 amide bonds. The van der Waals surface area contributed by atoms with E-state index in [1.807, 2.05) is 6.20 Å². The Kier molecular flexibility index (Phi) is 4.01. The van der Waals surface area contributed by atoms with Gasteiger partial charge in [-0.05, 0) is 18.4 Å².